The number of nitrogens with zero attached hydrogens (tertiary/aromatic N) is 3. The van der Waals surface area contributed by atoms with E-state index in [1.54, 1.807) is 0 Å². The molecule has 1 aliphatic carbocycles. The van der Waals surface area contributed by atoms with Gasteiger partial charge in [0.05, 0.1) is 22.3 Å². The predicted molar refractivity (Wildman–Crippen MR) is 195 cm³/mol. The second-order valence-electron chi connectivity index (χ2n) is 12.3. The van der Waals surface area contributed by atoms with Gasteiger partial charge in [0, 0.05) is 38.1 Å². The summed E-state index contributed by atoms with van der Waals surface area (Å²) in [6.45, 7) is 0. The maximum absolute atomic E-state index is 5.22. The van der Waals surface area contributed by atoms with Gasteiger partial charge in [0.25, 0.3) is 0 Å². The lowest BCUT2D eigenvalue weighted by molar-refractivity contribution is 0.722. The van der Waals surface area contributed by atoms with E-state index in [-0.39, 0.29) is 0 Å². The van der Waals surface area contributed by atoms with Gasteiger partial charge < -0.3 is 0 Å². The number of hydrogen-bond donors (Lipinski definition) is 0. The third kappa shape index (κ3) is 3.87. The van der Waals surface area contributed by atoms with E-state index in [1.165, 1.54) is 43.2 Å². The Bertz CT molecular complexity index is 2510. The molecule has 1 spiro atoms. The van der Waals surface area contributed by atoms with Gasteiger partial charge in [-0.1, -0.05) is 133 Å². The van der Waals surface area contributed by atoms with Gasteiger partial charge in [0.2, 0.25) is 0 Å². The van der Waals surface area contributed by atoms with Crippen LogP contribution in [0.4, 0.5) is 0 Å². The van der Waals surface area contributed by atoms with Crippen LogP contribution in [-0.2, 0) is 5.41 Å². The van der Waals surface area contributed by atoms with Crippen molar-refractivity contribution in [2.45, 2.75) is 15.2 Å². The quantitative estimate of drug-likeness (QED) is 0.195. The fraction of sp³-hybridized carbons (Fsp3) is 0.0227. The fourth-order valence-electron chi connectivity index (χ4n) is 7.83. The second kappa shape index (κ2) is 10.6. The maximum atomic E-state index is 5.22. The summed E-state index contributed by atoms with van der Waals surface area (Å²) in [6.07, 6.45) is 1.87. The van der Waals surface area contributed by atoms with E-state index >= 15 is 0 Å². The molecular formula is C44H27N3S. The summed E-state index contributed by atoms with van der Waals surface area (Å²) in [5.74, 6) is 0.666. The van der Waals surface area contributed by atoms with Crippen LogP contribution in [0.15, 0.2) is 174 Å². The number of rotatable bonds is 3. The van der Waals surface area contributed by atoms with Crippen LogP contribution in [-0.4, -0.2) is 15.0 Å². The Labute approximate surface area is 283 Å². The van der Waals surface area contributed by atoms with Gasteiger partial charge in [-0.05, 0) is 69.8 Å². The molecule has 0 atom stereocenters. The molecule has 6 aromatic carbocycles. The van der Waals surface area contributed by atoms with Gasteiger partial charge in [-0.2, -0.15) is 0 Å². The molecule has 0 saturated heterocycles. The fourth-order valence-corrected chi connectivity index (χ4v) is 9.01. The molecule has 8 aromatic rings. The van der Waals surface area contributed by atoms with Crippen LogP contribution < -0.4 is 0 Å². The van der Waals surface area contributed by atoms with Gasteiger partial charge in [0.15, 0.2) is 5.82 Å². The molecule has 2 aromatic heterocycles. The normalized spacial score (nSPS) is 13.5. The van der Waals surface area contributed by atoms with Gasteiger partial charge >= 0.3 is 0 Å². The molecule has 4 heteroatoms. The van der Waals surface area contributed by atoms with Crippen LogP contribution in [0.5, 0.6) is 0 Å². The van der Waals surface area contributed by atoms with Crippen molar-refractivity contribution in [3.63, 3.8) is 0 Å². The van der Waals surface area contributed by atoms with E-state index in [0.29, 0.717) is 5.82 Å². The first-order valence-electron chi connectivity index (χ1n) is 16.2. The molecule has 224 valence electrons. The molecule has 0 saturated carbocycles. The molecule has 0 amide bonds. The van der Waals surface area contributed by atoms with Crippen LogP contribution in [0.3, 0.4) is 0 Å². The minimum absolute atomic E-state index is 0.449. The summed E-state index contributed by atoms with van der Waals surface area (Å²) in [4.78, 5) is 17.9. The summed E-state index contributed by atoms with van der Waals surface area (Å²) in [7, 11) is 0. The number of hydrogen-bond acceptors (Lipinski definition) is 4. The summed E-state index contributed by atoms with van der Waals surface area (Å²) >= 11 is 1.85. The minimum atomic E-state index is -0.449. The van der Waals surface area contributed by atoms with Gasteiger partial charge in [-0.15, -0.1) is 0 Å². The van der Waals surface area contributed by atoms with Crippen LogP contribution >= 0.6 is 11.8 Å². The Morgan fingerprint density at radius 1 is 0.438 bits per heavy atom. The van der Waals surface area contributed by atoms with Crippen molar-refractivity contribution in [2.24, 2.45) is 0 Å². The highest BCUT2D eigenvalue weighted by atomic mass is 32.2. The van der Waals surface area contributed by atoms with Crippen molar-refractivity contribution in [1.29, 1.82) is 0 Å². The molecule has 3 nitrogen and oxygen atoms in total. The molecule has 0 bridgehead atoms. The van der Waals surface area contributed by atoms with Crippen molar-refractivity contribution < 1.29 is 0 Å². The van der Waals surface area contributed by atoms with Crippen molar-refractivity contribution in [1.82, 2.24) is 15.0 Å². The summed E-state index contributed by atoms with van der Waals surface area (Å²) in [6, 6.07) is 56.3. The number of para-hydroxylation sites is 1. The molecule has 48 heavy (non-hydrogen) atoms. The second-order valence-corrected chi connectivity index (χ2v) is 13.4. The van der Waals surface area contributed by atoms with E-state index in [4.69, 9.17) is 15.0 Å². The molecule has 3 heterocycles. The van der Waals surface area contributed by atoms with Crippen LogP contribution in [0.25, 0.3) is 55.9 Å². The van der Waals surface area contributed by atoms with Crippen molar-refractivity contribution in [3.8, 4) is 45.0 Å². The van der Waals surface area contributed by atoms with E-state index in [0.717, 1.165) is 39.0 Å². The van der Waals surface area contributed by atoms with Crippen LogP contribution in [0, 0.1) is 0 Å². The zero-order valence-corrected chi connectivity index (χ0v) is 26.7. The minimum Gasteiger partial charge on any atom is -0.255 e. The Morgan fingerprint density at radius 3 is 1.90 bits per heavy atom. The van der Waals surface area contributed by atoms with E-state index in [1.807, 2.05) is 42.2 Å². The van der Waals surface area contributed by atoms with Crippen molar-refractivity contribution in [2.75, 3.05) is 0 Å². The largest absolute Gasteiger partial charge is 0.255 e. The molecule has 1 aliphatic heterocycles. The third-order valence-corrected chi connectivity index (χ3v) is 11.0. The lowest BCUT2D eigenvalue weighted by atomic mass is 9.67. The van der Waals surface area contributed by atoms with E-state index in [9.17, 15) is 0 Å². The van der Waals surface area contributed by atoms with Crippen molar-refractivity contribution in [3.05, 3.63) is 186 Å². The Morgan fingerprint density at radius 2 is 1.08 bits per heavy atom. The zero-order chi connectivity index (χ0) is 31.7. The molecule has 2 aliphatic rings. The summed E-state index contributed by atoms with van der Waals surface area (Å²) in [5.41, 5.74) is 13.1. The lowest BCUT2D eigenvalue weighted by Crippen LogP contribution is -2.32. The smallest absolute Gasteiger partial charge is 0.162 e. The molecule has 0 radical (unpaired) electrons. The van der Waals surface area contributed by atoms with Crippen LogP contribution in [0.2, 0.25) is 0 Å². The number of pyridine rings is 1. The third-order valence-electron chi connectivity index (χ3n) is 9.82. The summed E-state index contributed by atoms with van der Waals surface area (Å²) < 4.78 is 0. The molecular weight excluding hydrogens is 603 g/mol. The number of fused-ring (bicyclic) bond motifs is 10. The maximum Gasteiger partial charge on any atom is 0.162 e. The first-order chi connectivity index (χ1) is 23.8. The van der Waals surface area contributed by atoms with Gasteiger partial charge in [0.1, 0.15) is 0 Å². The Hall–Kier alpha value is -5.84. The number of aromatic nitrogens is 3. The van der Waals surface area contributed by atoms with E-state index < -0.39 is 5.41 Å². The zero-order valence-electron chi connectivity index (χ0n) is 25.8. The topological polar surface area (TPSA) is 38.7 Å². The first-order valence-corrected chi connectivity index (χ1v) is 17.0. The highest BCUT2D eigenvalue weighted by molar-refractivity contribution is 7.99. The molecule has 0 N–H and O–H groups in total. The average molecular weight is 630 g/mol. The molecule has 10 rings (SSSR count). The number of benzene rings is 6. The molecule has 0 unspecified atom stereocenters. The predicted octanol–water partition coefficient (Wildman–Crippen LogP) is 10.9. The average Bonchev–Trinajstić information content (AvgIpc) is 3.45. The van der Waals surface area contributed by atoms with E-state index in [2.05, 4.69) is 133 Å². The highest BCUT2D eigenvalue weighted by Crippen LogP contribution is 2.62. The Balaban J connectivity index is 1.23. The highest BCUT2D eigenvalue weighted by Gasteiger charge is 2.50. The Kier molecular flexibility index (Phi) is 6.02. The standard InChI is InChI=1S/C44H27N3S/c1-2-13-28(14-3-1)42-32-17-6-10-22-38(32)46-43(47-42)33-18-12-26-45-41(33)29-24-25-40-37(27-29)44(36-21-9-11-23-39(36)48-40)34-19-7-4-15-30(34)31-16-5-8-20-35(31)44/h1-27H. The van der Waals surface area contributed by atoms with Gasteiger partial charge in [-0.3, -0.25) is 4.98 Å². The SMILES string of the molecule is c1ccc(-c2nc(-c3cccnc3-c3ccc4c(c3)C3(c5ccccc5S4)c4ccccc4-c4ccccc43)nc3ccccc23)cc1. The summed E-state index contributed by atoms with van der Waals surface area (Å²) in [5, 5.41) is 1.03. The van der Waals surface area contributed by atoms with Gasteiger partial charge in [-0.25, -0.2) is 9.97 Å². The van der Waals surface area contributed by atoms with Crippen LogP contribution in [0.1, 0.15) is 22.3 Å². The van der Waals surface area contributed by atoms with Crippen molar-refractivity contribution >= 4 is 22.7 Å². The first kappa shape index (κ1) is 27.3. The molecule has 0 fully saturated rings. The monoisotopic (exact) mass is 629 g/mol. The lowest BCUT2D eigenvalue weighted by Gasteiger charge is -2.40.